The lowest BCUT2D eigenvalue weighted by Gasteiger charge is -2.40. The summed E-state index contributed by atoms with van der Waals surface area (Å²) in [7, 11) is 0. The molecule has 1 amide bonds. The van der Waals surface area contributed by atoms with Crippen LogP contribution in [-0.2, 0) is 14.3 Å². The molecule has 408 valence electrons. The number of carbonyl (C=O) groups is 1. The third kappa shape index (κ3) is 38.0. The first-order valence-corrected chi connectivity index (χ1v) is 29.7. The molecule has 0 aromatic rings. The first kappa shape index (κ1) is 65.6. The predicted octanol–water partition coefficient (Wildman–Crippen LogP) is 13.5. The second-order valence-corrected chi connectivity index (χ2v) is 20.9. The van der Waals surface area contributed by atoms with Crippen molar-refractivity contribution < 1.29 is 44.9 Å². The zero-order chi connectivity index (χ0) is 50.3. The molecule has 0 aromatic carbocycles. The monoisotopic (exact) mass is 980 g/mol. The molecule has 1 heterocycles. The summed E-state index contributed by atoms with van der Waals surface area (Å²) in [5.41, 5.74) is 0. The molecule has 1 saturated heterocycles. The highest BCUT2D eigenvalue weighted by molar-refractivity contribution is 5.80. The van der Waals surface area contributed by atoms with E-state index in [4.69, 9.17) is 9.47 Å². The lowest BCUT2D eigenvalue weighted by Crippen LogP contribution is -2.60. The van der Waals surface area contributed by atoms with Crippen molar-refractivity contribution in [2.75, 3.05) is 13.2 Å². The molecular formula is C59H113NO9. The van der Waals surface area contributed by atoms with Crippen LogP contribution < -0.4 is 5.32 Å². The zero-order valence-electron chi connectivity index (χ0n) is 44.9. The van der Waals surface area contributed by atoms with E-state index < -0.39 is 61.5 Å². The Morgan fingerprint density at radius 2 is 0.841 bits per heavy atom. The first-order valence-electron chi connectivity index (χ1n) is 29.7. The summed E-state index contributed by atoms with van der Waals surface area (Å²) in [5.74, 6) is -0.613. The standard InChI is InChI=1S/C59H113NO9/c1-3-5-7-9-11-13-15-17-19-21-22-23-24-25-26-27-28-29-30-31-32-34-36-38-40-42-44-46-48-53(63)58(67)60-51(50-68-59-57(66)56(65)55(64)54(49-61)69-59)52(62)47-45-43-41-39-37-35-33-20-18-16-14-12-10-8-6-4-2/h25-26,45,47,51-57,59,61-66H,3-24,27-44,46,48-50H2,1-2H3,(H,60,67)/b26-25-,47-45+. The normalized spacial score (nSPS) is 20.0. The van der Waals surface area contributed by atoms with Crippen LogP contribution in [0, 0.1) is 0 Å². The van der Waals surface area contributed by atoms with E-state index in [1.54, 1.807) is 6.08 Å². The molecule has 10 heteroatoms. The summed E-state index contributed by atoms with van der Waals surface area (Å²) < 4.78 is 11.2. The minimum absolute atomic E-state index is 0.303. The van der Waals surface area contributed by atoms with Crippen molar-refractivity contribution in [1.29, 1.82) is 0 Å². The van der Waals surface area contributed by atoms with Gasteiger partial charge in [-0.3, -0.25) is 4.79 Å². The average molecular weight is 981 g/mol. The van der Waals surface area contributed by atoms with Crippen molar-refractivity contribution >= 4 is 5.91 Å². The van der Waals surface area contributed by atoms with Crippen LogP contribution in [0.3, 0.4) is 0 Å². The Hall–Kier alpha value is -1.37. The molecule has 8 atom stereocenters. The Bertz CT molecular complexity index is 1150. The molecule has 0 saturated carbocycles. The van der Waals surface area contributed by atoms with Gasteiger partial charge < -0.3 is 45.4 Å². The summed E-state index contributed by atoms with van der Waals surface area (Å²) in [6.45, 7) is 3.65. The second kappa shape index (κ2) is 48.9. The summed E-state index contributed by atoms with van der Waals surface area (Å²) in [4.78, 5) is 13.1. The van der Waals surface area contributed by atoms with E-state index in [-0.39, 0.29) is 6.61 Å². The maximum Gasteiger partial charge on any atom is 0.249 e. The van der Waals surface area contributed by atoms with Gasteiger partial charge in [-0.15, -0.1) is 0 Å². The Kier molecular flexibility index (Phi) is 46.5. The number of aliphatic hydroxyl groups excluding tert-OH is 6. The van der Waals surface area contributed by atoms with Crippen LogP contribution in [0.4, 0.5) is 0 Å². The number of carbonyl (C=O) groups excluding carboxylic acids is 1. The summed E-state index contributed by atoms with van der Waals surface area (Å²) >= 11 is 0. The number of ether oxygens (including phenoxy) is 2. The van der Waals surface area contributed by atoms with Gasteiger partial charge in [0, 0.05) is 0 Å². The maximum atomic E-state index is 13.1. The molecule has 1 aliphatic heterocycles. The number of aliphatic hydroxyl groups is 6. The van der Waals surface area contributed by atoms with Gasteiger partial charge in [0.15, 0.2) is 6.29 Å². The fraction of sp³-hybridized carbons (Fsp3) is 0.915. The molecule has 0 aliphatic carbocycles. The predicted molar refractivity (Wildman–Crippen MR) is 287 cm³/mol. The number of rotatable bonds is 51. The Balaban J connectivity index is 2.22. The number of nitrogens with one attached hydrogen (secondary N) is 1. The van der Waals surface area contributed by atoms with Gasteiger partial charge in [-0.25, -0.2) is 0 Å². The lowest BCUT2D eigenvalue weighted by molar-refractivity contribution is -0.302. The van der Waals surface area contributed by atoms with Crippen LogP contribution in [0.2, 0.25) is 0 Å². The number of hydrogen-bond acceptors (Lipinski definition) is 9. The van der Waals surface area contributed by atoms with Gasteiger partial charge in [0.1, 0.15) is 30.5 Å². The third-order valence-corrected chi connectivity index (χ3v) is 14.4. The highest BCUT2D eigenvalue weighted by atomic mass is 16.7. The van der Waals surface area contributed by atoms with Crippen molar-refractivity contribution in [3.63, 3.8) is 0 Å². The van der Waals surface area contributed by atoms with Crippen LogP contribution in [-0.4, -0.2) is 98.7 Å². The number of allylic oxidation sites excluding steroid dienone is 3. The van der Waals surface area contributed by atoms with Crippen molar-refractivity contribution in [3.05, 3.63) is 24.3 Å². The van der Waals surface area contributed by atoms with E-state index in [1.165, 1.54) is 218 Å². The Labute approximate surface area is 424 Å². The minimum Gasteiger partial charge on any atom is -0.394 e. The third-order valence-electron chi connectivity index (χ3n) is 14.4. The van der Waals surface area contributed by atoms with Crippen molar-refractivity contribution in [1.82, 2.24) is 5.32 Å². The van der Waals surface area contributed by atoms with Gasteiger partial charge in [0.05, 0.1) is 25.4 Å². The largest absolute Gasteiger partial charge is 0.394 e. The summed E-state index contributed by atoms with van der Waals surface area (Å²) in [6.07, 6.45) is 51.4. The highest BCUT2D eigenvalue weighted by Crippen LogP contribution is 2.23. The van der Waals surface area contributed by atoms with Crippen molar-refractivity contribution in [3.8, 4) is 0 Å². The Morgan fingerprint density at radius 3 is 1.22 bits per heavy atom. The van der Waals surface area contributed by atoms with Gasteiger partial charge in [-0.05, 0) is 44.9 Å². The van der Waals surface area contributed by atoms with Crippen LogP contribution in [0.5, 0.6) is 0 Å². The van der Waals surface area contributed by atoms with Crippen LogP contribution >= 0.6 is 0 Å². The van der Waals surface area contributed by atoms with Crippen LogP contribution in [0.1, 0.15) is 284 Å². The molecule has 1 fully saturated rings. The molecule has 7 N–H and O–H groups in total. The lowest BCUT2D eigenvalue weighted by atomic mass is 9.99. The molecule has 8 unspecified atom stereocenters. The van der Waals surface area contributed by atoms with Gasteiger partial charge in [0.2, 0.25) is 5.91 Å². The molecule has 0 radical (unpaired) electrons. The smallest absolute Gasteiger partial charge is 0.249 e. The van der Waals surface area contributed by atoms with E-state index in [0.29, 0.717) is 6.42 Å². The fourth-order valence-electron chi connectivity index (χ4n) is 9.57. The van der Waals surface area contributed by atoms with Crippen molar-refractivity contribution in [2.24, 2.45) is 0 Å². The van der Waals surface area contributed by atoms with E-state index in [0.717, 1.165) is 44.9 Å². The SMILES string of the molecule is CCCCCCCCCCCCCC/C=C\CCCCCCCCCCCCCCC(O)C(=O)NC(COC1OC(CO)C(O)C(O)C1O)C(O)/C=C/CCCCCCCCCCCCCCCC. The summed E-state index contributed by atoms with van der Waals surface area (Å²) in [5, 5.41) is 65.0. The van der Waals surface area contributed by atoms with Gasteiger partial charge in [-0.2, -0.15) is 0 Å². The van der Waals surface area contributed by atoms with E-state index in [9.17, 15) is 35.4 Å². The number of hydrogen-bond donors (Lipinski definition) is 7. The Morgan fingerprint density at radius 1 is 0.493 bits per heavy atom. The van der Waals surface area contributed by atoms with E-state index in [1.807, 2.05) is 6.08 Å². The minimum atomic E-state index is -1.61. The average Bonchev–Trinajstić information content (AvgIpc) is 3.35. The molecule has 0 aromatic heterocycles. The van der Waals surface area contributed by atoms with Crippen LogP contribution in [0.25, 0.3) is 0 Å². The first-order chi connectivity index (χ1) is 33.8. The van der Waals surface area contributed by atoms with E-state index >= 15 is 0 Å². The fourth-order valence-corrected chi connectivity index (χ4v) is 9.57. The van der Waals surface area contributed by atoms with E-state index in [2.05, 4.69) is 31.3 Å². The molecule has 0 bridgehead atoms. The summed E-state index contributed by atoms with van der Waals surface area (Å²) in [6, 6.07) is -0.979. The molecule has 10 nitrogen and oxygen atoms in total. The molecule has 1 rings (SSSR count). The molecular weight excluding hydrogens is 867 g/mol. The van der Waals surface area contributed by atoms with Gasteiger partial charge in [0.25, 0.3) is 0 Å². The van der Waals surface area contributed by atoms with Crippen LogP contribution in [0.15, 0.2) is 24.3 Å². The van der Waals surface area contributed by atoms with Crippen molar-refractivity contribution in [2.45, 2.75) is 332 Å². The maximum absolute atomic E-state index is 13.1. The second-order valence-electron chi connectivity index (χ2n) is 20.9. The molecule has 0 spiro atoms. The molecule has 1 aliphatic rings. The van der Waals surface area contributed by atoms with Gasteiger partial charge in [-0.1, -0.05) is 263 Å². The number of amides is 1. The molecule has 69 heavy (non-hydrogen) atoms. The quantitative estimate of drug-likeness (QED) is 0.0232. The van der Waals surface area contributed by atoms with Gasteiger partial charge >= 0.3 is 0 Å². The zero-order valence-corrected chi connectivity index (χ0v) is 44.9. The highest BCUT2D eigenvalue weighted by Gasteiger charge is 2.44. The number of unbranched alkanes of at least 4 members (excludes halogenated alkanes) is 38. The topological polar surface area (TPSA) is 169 Å².